The zero-order valence-corrected chi connectivity index (χ0v) is 13.3. The van der Waals surface area contributed by atoms with Crippen molar-refractivity contribution in [3.8, 4) is 0 Å². The van der Waals surface area contributed by atoms with E-state index in [0.717, 1.165) is 25.1 Å². The number of aryl methyl sites for hydroxylation is 1. The van der Waals surface area contributed by atoms with Crippen LogP contribution in [0.25, 0.3) is 0 Å². The highest BCUT2D eigenvalue weighted by Crippen LogP contribution is 2.22. The number of pyridine rings is 1. The van der Waals surface area contributed by atoms with E-state index < -0.39 is 0 Å². The molecule has 116 valence electrons. The number of carbonyl (C=O) groups is 1. The number of hydrazine groups is 1. The fourth-order valence-electron chi connectivity index (χ4n) is 2.47. The molecule has 21 heavy (non-hydrogen) atoms. The number of hydrogen-bond donors (Lipinski definition) is 3. The summed E-state index contributed by atoms with van der Waals surface area (Å²) < 4.78 is 0. The van der Waals surface area contributed by atoms with E-state index in [2.05, 4.69) is 22.7 Å². The van der Waals surface area contributed by atoms with Crippen LogP contribution >= 0.6 is 11.8 Å². The van der Waals surface area contributed by atoms with Crippen LogP contribution in [0.1, 0.15) is 42.2 Å². The van der Waals surface area contributed by atoms with Crippen molar-refractivity contribution in [1.29, 1.82) is 0 Å². The smallest absolute Gasteiger partial charge is 0.251 e. The van der Waals surface area contributed by atoms with Crippen LogP contribution in [0.5, 0.6) is 0 Å². The molecule has 1 aliphatic rings. The Morgan fingerprint density at radius 3 is 2.86 bits per heavy atom. The number of hydrogen-bond acceptors (Lipinski definition) is 5. The predicted octanol–water partition coefficient (Wildman–Crippen LogP) is 2.19. The van der Waals surface area contributed by atoms with Gasteiger partial charge in [0.05, 0.1) is 0 Å². The highest BCUT2D eigenvalue weighted by molar-refractivity contribution is 7.99. The molecule has 0 aromatic carbocycles. The predicted molar refractivity (Wildman–Crippen MR) is 88.4 cm³/mol. The van der Waals surface area contributed by atoms with Crippen LogP contribution in [0.2, 0.25) is 0 Å². The molecular weight excluding hydrogens is 284 g/mol. The van der Waals surface area contributed by atoms with Crippen molar-refractivity contribution in [3.63, 3.8) is 0 Å². The number of nitrogens with one attached hydrogen (secondary N) is 2. The lowest BCUT2D eigenvalue weighted by Gasteiger charge is -2.21. The van der Waals surface area contributed by atoms with Crippen LogP contribution in [-0.2, 0) is 6.42 Å². The minimum Gasteiger partial charge on any atom is -0.352 e. The van der Waals surface area contributed by atoms with E-state index in [1.165, 1.54) is 24.3 Å². The maximum Gasteiger partial charge on any atom is 0.251 e. The minimum atomic E-state index is -0.0375. The van der Waals surface area contributed by atoms with Gasteiger partial charge in [-0.2, -0.15) is 11.8 Å². The molecule has 0 saturated carbocycles. The Hall–Kier alpha value is -1.27. The molecule has 4 N–H and O–H groups in total. The fourth-order valence-corrected chi connectivity index (χ4v) is 3.67. The summed E-state index contributed by atoms with van der Waals surface area (Å²) in [5.41, 5.74) is 4.06. The first-order valence-electron chi connectivity index (χ1n) is 7.56. The summed E-state index contributed by atoms with van der Waals surface area (Å²) in [5.74, 6) is 8.96. The van der Waals surface area contributed by atoms with Gasteiger partial charge in [-0.3, -0.25) is 4.79 Å². The second-order valence-electron chi connectivity index (χ2n) is 5.39. The molecule has 1 aromatic heterocycles. The van der Waals surface area contributed by atoms with E-state index >= 15 is 0 Å². The summed E-state index contributed by atoms with van der Waals surface area (Å²) in [7, 11) is 0. The molecule has 1 fully saturated rings. The lowest BCUT2D eigenvalue weighted by Crippen LogP contribution is -2.31. The van der Waals surface area contributed by atoms with Gasteiger partial charge in [0.2, 0.25) is 0 Å². The zero-order chi connectivity index (χ0) is 15.1. The molecular formula is C15H24N4OS. The van der Waals surface area contributed by atoms with Crippen LogP contribution in [0.15, 0.2) is 12.1 Å². The number of aromatic nitrogens is 1. The van der Waals surface area contributed by atoms with E-state index in [1.54, 1.807) is 6.07 Å². The second-order valence-corrected chi connectivity index (χ2v) is 6.62. The molecule has 5 nitrogen and oxygen atoms in total. The van der Waals surface area contributed by atoms with E-state index in [4.69, 9.17) is 5.84 Å². The van der Waals surface area contributed by atoms with Gasteiger partial charge in [-0.05, 0) is 48.8 Å². The Labute approximate surface area is 130 Å². The van der Waals surface area contributed by atoms with E-state index in [-0.39, 0.29) is 5.91 Å². The normalized spacial score (nSPS) is 15.7. The molecule has 0 spiro atoms. The maximum atomic E-state index is 12.3. The van der Waals surface area contributed by atoms with Crippen LogP contribution in [0, 0.1) is 5.92 Å². The molecule has 1 aliphatic heterocycles. The molecule has 0 aliphatic carbocycles. The first-order valence-corrected chi connectivity index (χ1v) is 8.72. The van der Waals surface area contributed by atoms with Gasteiger partial charge in [-0.15, -0.1) is 0 Å². The molecule has 1 saturated heterocycles. The van der Waals surface area contributed by atoms with Gasteiger partial charge in [-0.25, -0.2) is 10.8 Å². The minimum absolute atomic E-state index is 0.0375. The number of thioether (sulfide) groups is 1. The largest absolute Gasteiger partial charge is 0.352 e. The van der Waals surface area contributed by atoms with Gasteiger partial charge in [0.15, 0.2) is 0 Å². The van der Waals surface area contributed by atoms with Crippen LogP contribution in [-0.4, -0.2) is 28.9 Å². The molecule has 2 rings (SSSR count). The van der Waals surface area contributed by atoms with Crippen molar-refractivity contribution in [3.05, 3.63) is 23.4 Å². The van der Waals surface area contributed by atoms with Crippen molar-refractivity contribution < 1.29 is 4.79 Å². The summed E-state index contributed by atoms with van der Waals surface area (Å²) in [6, 6.07) is 3.56. The number of amides is 1. The average Bonchev–Trinajstić information content (AvgIpc) is 2.53. The van der Waals surface area contributed by atoms with Crippen LogP contribution in [0.4, 0.5) is 5.82 Å². The maximum absolute atomic E-state index is 12.3. The topological polar surface area (TPSA) is 80.0 Å². The Bertz CT molecular complexity index is 475. The van der Waals surface area contributed by atoms with Crippen LogP contribution in [0.3, 0.4) is 0 Å². The first kappa shape index (κ1) is 16.1. The SMILES string of the molecule is CCCc1cc(C(=O)NCC2CCSCC2)cc(NN)n1. The molecule has 1 aromatic rings. The first-order chi connectivity index (χ1) is 10.2. The number of rotatable bonds is 6. The van der Waals surface area contributed by atoms with E-state index in [0.29, 0.717) is 17.3 Å². The monoisotopic (exact) mass is 308 g/mol. The van der Waals surface area contributed by atoms with Gasteiger partial charge in [0.1, 0.15) is 5.82 Å². The van der Waals surface area contributed by atoms with Crippen molar-refractivity contribution >= 4 is 23.5 Å². The third-order valence-corrected chi connectivity index (χ3v) is 4.74. The van der Waals surface area contributed by atoms with Crippen molar-refractivity contribution in [2.45, 2.75) is 32.6 Å². The van der Waals surface area contributed by atoms with Crippen molar-refractivity contribution in [2.75, 3.05) is 23.5 Å². The second kappa shape index (κ2) is 8.24. The highest BCUT2D eigenvalue weighted by Gasteiger charge is 2.16. The molecule has 6 heteroatoms. The third-order valence-electron chi connectivity index (χ3n) is 3.69. The van der Waals surface area contributed by atoms with Gasteiger partial charge in [0.25, 0.3) is 5.91 Å². The summed E-state index contributed by atoms with van der Waals surface area (Å²) in [4.78, 5) is 16.7. The zero-order valence-electron chi connectivity index (χ0n) is 12.5. The van der Waals surface area contributed by atoms with Crippen molar-refractivity contribution in [2.24, 2.45) is 11.8 Å². The Kier molecular flexibility index (Phi) is 6.32. The number of nitrogens with zero attached hydrogens (tertiary/aromatic N) is 1. The van der Waals surface area contributed by atoms with Crippen molar-refractivity contribution in [1.82, 2.24) is 10.3 Å². The summed E-state index contributed by atoms with van der Waals surface area (Å²) in [6.07, 6.45) is 4.22. The van der Waals surface area contributed by atoms with Gasteiger partial charge in [0, 0.05) is 17.8 Å². The molecule has 0 atom stereocenters. The Morgan fingerprint density at radius 1 is 1.43 bits per heavy atom. The summed E-state index contributed by atoms with van der Waals surface area (Å²) in [5, 5.41) is 3.04. The number of nitrogens with two attached hydrogens (primary N) is 1. The average molecular weight is 308 g/mol. The Morgan fingerprint density at radius 2 is 2.19 bits per heavy atom. The molecule has 0 radical (unpaired) electrons. The van der Waals surface area contributed by atoms with Gasteiger partial charge >= 0.3 is 0 Å². The lowest BCUT2D eigenvalue weighted by atomic mass is 10.0. The quantitative estimate of drug-likeness (QED) is 0.554. The molecule has 0 unspecified atom stereocenters. The molecule has 2 heterocycles. The lowest BCUT2D eigenvalue weighted by molar-refractivity contribution is 0.0946. The molecule has 0 bridgehead atoms. The summed E-state index contributed by atoms with van der Waals surface area (Å²) in [6.45, 7) is 2.85. The van der Waals surface area contributed by atoms with Gasteiger partial charge in [-0.1, -0.05) is 13.3 Å². The summed E-state index contributed by atoms with van der Waals surface area (Å²) >= 11 is 2.00. The fraction of sp³-hybridized carbons (Fsp3) is 0.600. The standard InChI is InChI=1S/C15H24N4OS/c1-2-3-13-8-12(9-14(18-13)19-16)15(20)17-10-11-4-6-21-7-5-11/h8-9,11H,2-7,10,16H2,1H3,(H,17,20)(H,18,19). The van der Waals surface area contributed by atoms with Gasteiger partial charge < -0.3 is 10.7 Å². The number of nitrogen functional groups attached to an aromatic ring is 1. The van der Waals surface area contributed by atoms with E-state index in [9.17, 15) is 4.79 Å². The van der Waals surface area contributed by atoms with E-state index in [1.807, 2.05) is 17.8 Å². The molecule has 1 amide bonds. The number of carbonyl (C=O) groups excluding carboxylic acids is 1. The number of anilines is 1. The third kappa shape index (κ3) is 4.89. The highest BCUT2D eigenvalue weighted by atomic mass is 32.2. The van der Waals surface area contributed by atoms with Crippen LogP contribution < -0.4 is 16.6 Å². The Balaban J connectivity index is 1.98.